The SMILES string of the molecule is CCc1c(NN)ncnc1Nc1cccc(Br)c1. The number of hydrogen-bond acceptors (Lipinski definition) is 5. The Bertz CT molecular complexity index is 544. The van der Waals surface area contributed by atoms with Crippen molar-refractivity contribution in [3.63, 3.8) is 0 Å². The highest BCUT2D eigenvalue weighted by molar-refractivity contribution is 9.10. The molecule has 0 bridgehead atoms. The Morgan fingerprint density at radius 3 is 2.72 bits per heavy atom. The number of benzene rings is 1. The number of hydrazine groups is 1. The van der Waals surface area contributed by atoms with E-state index >= 15 is 0 Å². The van der Waals surface area contributed by atoms with Gasteiger partial charge in [0.1, 0.15) is 18.0 Å². The van der Waals surface area contributed by atoms with Crippen LogP contribution in [-0.4, -0.2) is 9.97 Å². The second kappa shape index (κ2) is 5.79. The molecule has 2 aromatic rings. The first-order chi connectivity index (χ1) is 8.74. The van der Waals surface area contributed by atoms with Gasteiger partial charge in [0.15, 0.2) is 0 Å². The Kier molecular flexibility index (Phi) is 4.11. The molecule has 5 nitrogen and oxygen atoms in total. The fourth-order valence-corrected chi connectivity index (χ4v) is 2.08. The van der Waals surface area contributed by atoms with Crippen molar-refractivity contribution in [2.75, 3.05) is 10.7 Å². The van der Waals surface area contributed by atoms with Crippen LogP contribution < -0.4 is 16.6 Å². The lowest BCUT2D eigenvalue weighted by Gasteiger charge is -2.12. The average Bonchev–Trinajstić information content (AvgIpc) is 2.38. The van der Waals surface area contributed by atoms with Gasteiger partial charge in [-0.05, 0) is 24.6 Å². The van der Waals surface area contributed by atoms with Crippen LogP contribution in [0.15, 0.2) is 35.1 Å². The van der Waals surface area contributed by atoms with E-state index in [9.17, 15) is 0 Å². The standard InChI is InChI=1S/C12H14BrN5/c1-2-10-11(15-7-16-12(10)18-14)17-9-5-3-4-8(13)6-9/h3-7H,2,14H2,1H3,(H2,15,16,17,18). The van der Waals surface area contributed by atoms with E-state index in [1.165, 1.54) is 6.33 Å². The van der Waals surface area contributed by atoms with Gasteiger partial charge in [-0.3, -0.25) is 0 Å². The van der Waals surface area contributed by atoms with Gasteiger partial charge >= 0.3 is 0 Å². The Morgan fingerprint density at radius 1 is 1.28 bits per heavy atom. The third-order valence-electron chi connectivity index (χ3n) is 2.52. The molecule has 1 heterocycles. The Morgan fingerprint density at radius 2 is 2.06 bits per heavy atom. The fraction of sp³-hybridized carbons (Fsp3) is 0.167. The molecule has 0 amide bonds. The summed E-state index contributed by atoms with van der Waals surface area (Å²) in [7, 11) is 0. The number of nitrogens with zero attached hydrogens (tertiary/aromatic N) is 2. The summed E-state index contributed by atoms with van der Waals surface area (Å²) in [5.41, 5.74) is 4.50. The summed E-state index contributed by atoms with van der Waals surface area (Å²) in [6, 6.07) is 7.89. The van der Waals surface area contributed by atoms with Crippen LogP contribution in [0.25, 0.3) is 0 Å². The second-order valence-corrected chi connectivity index (χ2v) is 4.60. The summed E-state index contributed by atoms with van der Waals surface area (Å²) >= 11 is 3.43. The first kappa shape index (κ1) is 12.8. The van der Waals surface area contributed by atoms with Crippen molar-refractivity contribution in [3.8, 4) is 0 Å². The van der Waals surface area contributed by atoms with Crippen LogP contribution in [0.4, 0.5) is 17.3 Å². The maximum atomic E-state index is 5.44. The van der Waals surface area contributed by atoms with E-state index in [0.29, 0.717) is 5.82 Å². The number of nitrogens with two attached hydrogens (primary N) is 1. The minimum Gasteiger partial charge on any atom is -0.340 e. The molecule has 1 aromatic heterocycles. The fourth-order valence-electron chi connectivity index (χ4n) is 1.68. The van der Waals surface area contributed by atoms with Crippen molar-refractivity contribution in [3.05, 3.63) is 40.6 Å². The quantitative estimate of drug-likeness (QED) is 0.598. The van der Waals surface area contributed by atoms with Gasteiger partial charge in [0.2, 0.25) is 0 Å². The van der Waals surface area contributed by atoms with E-state index in [1.807, 2.05) is 31.2 Å². The van der Waals surface area contributed by atoms with E-state index in [2.05, 4.69) is 36.6 Å². The molecule has 0 radical (unpaired) electrons. The van der Waals surface area contributed by atoms with Crippen LogP contribution in [0.5, 0.6) is 0 Å². The first-order valence-corrected chi connectivity index (χ1v) is 6.37. The molecular weight excluding hydrogens is 294 g/mol. The number of halogens is 1. The van der Waals surface area contributed by atoms with E-state index in [4.69, 9.17) is 5.84 Å². The molecule has 1 aromatic carbocycles. The van der Waals surface area contributed by atoms with Crippen molar-refractivity contribution in [2.24, 2.45) is 5.84 Å². The average molecular weight is 308 g/mol. The van der Waals surface area contributed by atoms with Crippen LogP contribution in [0.1, 0.15) is 12.5 Å². The maximum Gasteiger partial charge on any atom is 0.148 e. The number of anilines is 3. The molecule has 0 unspecified atom stereocenters. The molecule has 0 aliphatic heterocycles. The van der Waals surface area contributed by atoms with Crippen LogP contribution >= 0.6 is 15.9 Å². The number of rotatable bonds is 4. The maximum absolute atomic E-state index is 5.44. The second-order valence-electron chi connectivity index (χ2n) is 3.68. The van der Waals surface area contributed by atoms with Gasteiger partial charge in [0.25, 0.3) is 0 Å². The summed E-state index contributed by atoms with van der Waals surface area (Å²) in [5, 5.41) is 3.26. The predicted octanol–water partition coefficient (Wildman–Crippen LogP) is 2.83. The monoisotopic (exact) mass is 307 g/mol. The molecule has 0 spiro atoms. The van der Waals surface area contributed by atoms with E-state index in [0.717, 1.165) is 28.0 Å². The van der Waals surface area contributed by atoms with E-state index in [-0.39, 0.29) is 0 Å². The highest BCUT2D eigenvalue weighted by atomic mass is 79.9. The third-order valence-corrected chi connectivity index (χ3v) is 3.02. The Balaban J connectivity index is 2.34. The molecule has 0 saturated carbocycles. The zero-order valence-corrected chi connectivity index (χ0v) is 11.5. The van der Waals surface area contributed by atoms with Crippen LogP contribution in [0.3, 0.4) is 0 Å². The predicted molar refractivity (Wildman–Crippen MR) is 76.6 cm³/mol. The van der Waals surface area contributed by atoms with Crippen LogP contribution in [0, 0.1) is 0 Å². The highest BCUT2D eigenvalue weighted by Crippen LogP contribution is 2.24. The van der Waals surface area contributed by atoms with Crippen LogP contribution in [0.2, 0.25) is 0 Å². The van der Waals surface area contributed by atoms with Gasteiger partial charge in [-0.15, -0.1) is 0 Å². The summed E-state index contributed by atoms with van der Waals surface area (Å²) in [5.74, 6) is 6.84. The molecule has 18 heavy (non-hydrogen) atoms. The number of hydrogen-bond donors (Lipinski definition) is 3. The van der Waals surface area contributed by atoms with Gasteiger partial charge in [0.05, 0.1) is 0 Å². The number of aromatic nitrogens is 2. The molecule has 0 atom stereocenters. The number of nitrogen functional groups attached to an aromatic ring is 1. The summed E-state index contributed by atoms with van der Waals surface area (Å²) in [6.45, 7) is 2.03. The highest BCUT2D eigenvalue weighted by Gasteiger charge is 2.08. The molecule has 0 aliphatic carbocycles. The van der Waals surface area contributed by atoms with E-state index < -0.39 is 0 Å². The smallest absolute Gasteiger partial charge is 0.148 e. The minimum absolute atomic E-state index is 0.644. The summed E-state index contributed by atoms with van der Waals surface area (Å²) in [6.07, 6.45) is 2.27. The van der Waals surface area contributed by atoms with Gasteiger partial charge in [-0.1, -0.05) is 28.9 Å². The molecule has 2 rings (SSSR count). The van der Waals surface area contributed by atoms with Crippen LogP contribution in [-0.2, 0) is 6.42 Å². The van der Waals surface area contributed by atoms with Gasteiger partial charge in [0, 0.05) is 15.7 Å². The summed E-state index contributed by atoms with van der Waals surface area (Å²) in [4.78, 5) is 8.34. The van der Waals surface area contributed by atoms with Crippen molar-refractivity contribution in [1.29, 1.82) is 0 Å². The zero-order valence-electron chi connectivity index (χ0n) is 9.94. The molecule has 6 heteroatoms. The Labute approximate surface area is 114 Å². The topological polar surface area (TPSA) is 75.9 Å². The first-order valence-electron chi connectivity index (χ1n) is 5.57. The van der Waals surface area contributed by atoms with E-state index in [1.54, 1.807) is 0 Å². The number of nitrogens with one attached hydrogen (secondary N) is 2. The zero-order chi connectivity index (χ0) is 13.0. The van der Waals surface area contributed by atoms with Gasteiger partial charge < -0.3 is 10.7 Å². The van der Waals surface area contributed by atoms with Gasteiger partial charge in [-0.2, -0.15) is 0 Å². The van der Waals surface area contributed by atoms with Gasteiger partial charge in [-0.25, -0.2) is 15.8 Å². The molecular formula is C12H14BrN5. The molecule has 0 fully saturated rings. The lowest BCUT2D eigenvalue weighted by molar-refractivity contribution is 1.04. The van der Waals surface area contributed by atoms with Crippen molar-refractivity contribution >= 4 is 33.3 Å². The summed E-state index contributed by atoms with van der Waals surface area (Å²) < 4.78 is 1.01. The normalized spacial score (nSPS) is 10.2. The third kappa shape index (κ3) is 2.77. The molecule has 4 N–H and O–H groups in total. The van der Waals surface area contributed by atoms with Crippen molar-refractivity contribution < 1.29 is 0 Å². The molecule has 94 valence electrons. The lowest BCUT2D eigenvalue weighted by atomic mass is 10.2. The minimum atomic E-state index is 0.644. The Hall–Kier alpha value is -1.66. The molecule has 0 aliphatic rings. The van der Waals surface area contributed by atoms with Crippen molar-refractivity contribution in [2.45, 2.75) is 13.3 Å². The molecule has 0 saturated heterocycles. The largest absolute Gasteiger partial charge is 0.340 e. The lowest BCUT2D eigenvalue weighted by Crippen LogP contribution is -2.13. The van der Waals surface area contributed by atoms with Crippen molar-refractivity contribution in [1.82, 2.24) is 9.97 Å².